The van der Waals surface area contributed by atoms with E-state index < -0.39 is 0 Å². The number of nitrogens with zero attached hydrogens (tertiary/aromatic N) is 1. The first-order valence-electron chi connectivity index (χ1n) is 6.57. The third-order valence-corrected chi connectivity index (χ3v) is 3.36. The molecular weight excluding hydrogens is 288 g/mol. The van der Waals surface area contributed by atoms with Crippen LogP contribution in [0.3, 0.4) is 0 Å². The second kappa shape index (κ2) is 5.97. The highest BCUT2D eigenvalue weighted by molar-refractivity contribution is 6.31. The summed E-state index contributed by atoms with van der Waals surface area (Å²) in [6, 6.07) is 6.95. The minimum Gasteiger partial charge on any atom is -0.451 e. The molecule has 1 aromatic carbocycles. The van der Waals surface area contributed by atoms with E-state index in [1.807, 2.05) is 18.4 Å². The zero-order chi connectivity index (χ0) is 14.7. The van der Waals surface area contributed by atoms with Crippen LogP contribution in [0.2, 0.25) is 5.02 Å². The summed E-state index contributed by atoms with van der Waals surface area (Å²) in [5, 5.41) is 4.26. The zero-order valence-corrected chi connectivity index (χ0v) is 11.9. The van der Waals surface area contributed by atoms with Crippen LogP contribution in [0.25, 0.3) is 11.0 Å². The molecule has 0 bridgehead atoms. The van der Waals surface area contributed by atoms with Crippen molar-refractivity contribution < 1.29 is 9.21 Å². The summed E-state index contributed by atoms with van der Waals surface area (Å²) in [6.45, 7) is 0.441. The van der Waals surface area contributed by atoms with Crippen LogP contribution in [0.1, 0.15) is 17.0 Å². The Kier molecular flexibility index (Phi) is 3.88. The van der Waals surface area contributed by atoms with Gasteiger partial charge in [-0.15, -0.1) is 0 Å². The van der Waals surface area contributed by atoms with Crippen molar-refractivity contribution in [3.8, 4) is 0 Å². The lowest BCUT2D eigenvalue weighted by atomic mass is 10.2. The quantitative estimate of drug-likeness (QED) is 0.939. The van der Waals surface area contributed by atoms with Crippen molar-refractivity contribution in [2.24, 2.45) is 4.99 Å². The molecule has 1 aromatic heterocycles. The standard InChI is InChI=1S/C16H13ClN2O2/c17-13-3-4-14-12(8-13)9-15(21-14)16(20)19-10-11-2-1-6-18-7-5-11/h2-9H,1,10H2,(H,19,20). The lowest BCUT2D eigenvalue weighted by Gasteiger charge is -2.03. The van der Waals surface area contributed by atoms with E-state index in [1.165, 1.54) is 0 Å². The Balaban J connectivity index is 1.70. The molecule has 0 spiro atoms. The molecule has 2 heterocycles. The normalized spacial score (nSPS) is 14.0. The first-order chi connectivity index (χ1) is 10.2. The van der Waals surface area contributed by atoms with Gasteiger partial charge in [-0.3, -0.25) is 9.79 Å². The molecule has 0 radical (unpaired) electrons. The van der Waals surface area contributed by atoms with E-state index >= 15 is 0 Å². The molecule has 0 saturated carbocycles. The third-order valence-electron chi connectivity index (χ3n) is 3.12. The van der Waals surface area contributed by atoms with Gasteiger partial charge in [0.15, 0.2) is 5.76 Å². The molecule has 0 aliphatic carbocycles. The zero-order valence-electron chi connectivity index (χ0n) is 11.2. The topological polar surface area (TPSA) is 54.6 Å². The largest absolute Gasteiger partial charge is 0.451 e. The molecule has 0 fully saturated rings. The number of halogens is 1. The summed E-state index contributed by atoms with van der Waals surface area (Å²) in [7, 11) is 0. The van der Waals surface area contributed by atoms with E-state index in [4.69, 9.17) is 16.0 Å². The van der Waals surface area contributed by atoms with Crippen molar-refractivity contribution in [3.63, 3.8) is 0 Å². The van der Waals surface area contributed by atoms with E-state index in [1.54, 1.807) is 30.5 Å². The summed E-state index contributed by atoms with van der Waals surface area (Å²) in [6.07, 6.45) is 8.19. The van der Waals surface area contributed by atoms with Crippen LogP contribution in [0.15, 0.2) is 57.6 Å². The molecule has 2 aromatic rings. The summed E-state index contributed by atoms with van der Waals surface area (Å²) < 4.78 is 5.52. The molecule has 1 N–H and O–H groups in total. The van der Waals surface area contributed by atoms with Crippen LogP contribution in [-0.4, -0.2) is 18.7 Å². The van der Waals surface area contributed by atoms with Crippen molar-refractivity contribution in [1.82, 2.24) is 5.32 Å². The number of carbonyl (C=O) groups excluding carboxylic acids is 1. The fraction of sp³-hybridized carbons (Fsp3) is 0.125. The highest BCUT2D eigenvalue weighted by Gasteiger charge is 2.12. The van der Waals surface area contributed by atoms with Gasteiger partial charge in [0.25, 0.3) is 5.91 Å². The highest BCUT2D eigenvalue weighted by atomic mass is 35.5. The van der Waals surface area contributed by atoms with Crippen molar-refractivity contribution in [1.29, 1.82) is 0 Å². The average Bonchev–Trinajstić information content (AvgIpc) is 2.72. The minimum atomic E-state index is -0.248. The number of hydrogen-bond acceptors (Lipinski definition) is 3. The van der Waals surface area contributed by atoms with Gasteiger partial charge in [0, 0.05) is 35.8 Å². The molecule has 1 amide bonds. The predicted molar refractivity (Wildman–Crippen MR) is 83.9 cm³/mol. The van der Waals surface area contributed by atoms with E-state index in [0.29, 0.717) is 17.2 Å². The third kappa shape index (κ3) is 3.23. The summed E-state index contributed by atoms with van der Waals surface area (Å²) in [5.41, 5.74) is 1.66. The molecule has 0 atom stereocenters. The van der Waals surface area contributed by atoms with Crippen LogP contribution >= 0.6 is 11.6 Å². The fourth-order valence-corrected chi connectivity index (χ4v) is 2.24. The van der Waals surface area contributed by atoms with Gasteiger partial charge in [-0.1, -0.05) is 17.7 Å². The van der Waals surface area contributed by atoms with E-state index in [-0.39, 0.29) is 11.7 Å². The van der Waals surface area contributed by atoms with Crippen molar-refractivity contribution in [2.45, 2.75) is 6.42 Å². The summed E-state index contributed by atoms with van der Waals surface area (Å²) in [5.74, 6) is 0.0310. The maximum absolute atomic E-state index is 12.1. The van der Waals surface area contributed by atoms with Gasteiger partial charge in [-0.25, -0.2) is 0 Å². The van der Waals surface area contributed by atoms with Crippen molar-refractivity contribution in [3.05, 3.63) is 59.0 Å². The van der Waals surface area contributed by atoms with Crippen LogP contribution in [0.5, 0.6) is 0 Å². The minimum absolute atomic E-state index is 0.248. The monoisotopic (exact) mass is 300 g/mol. The number of hydrogen-bond donors (Lipinski definition) is 1. The first-order valence-corrected chi connectivity index (χ1v) is 6.95. The maximum Gasteiger partial charge on any atom is 0.287 e. The molecule has 106 valence electrons. The number of benzene rings is 1. The second-order valence-corrected chi connectivity index (χ2v) is 5.07. The average molecular weight is 301 g/mol. The van der Waals surface area contributed by atoms with Crippen LogP contribution < -0.4 is 5.32 Å². The molecule has 1 aliphatic rings. The molecule has 1 aliphatic heterocycles. The SMILES string of the molecule is O=C(NCC1=CCC=NC=C1)c1cc2cc(Cl)ccc2o1. The van der Waals surface area contributed by atoms with E-state index in [0.717, 1.165) is 17.4 Å². The van der Waals surface area contributed by atoms with Crippen LogP contribution in [-0.2, 0) is 0 Å². The number of rotatable bonds is 3. The lowest BCUT2D eigenvalue weighted by molar-refractivity contribution is 0.0932. The maximum atomic E-state index is 12.1. The van der Waals surface area contributed by atoms with Gasteiger partial charge in [-0.05, 0) is 35.9 Å². The number of carbonyl (C=O) groups is 1. The molecule has 0 saturated heterocycles. The summed E-state index contributed by atoms with van der Waals surface area (Å²) >= 11 is 5.92. The Morgan fingerprint density at radius 2 is 2.29 bits per heavy atom. The first kappa shape index (κ1) is 13.6. The van der Waals surface area contributed by atoms with Crippen molar-refractivity contribution >= 4 is 34.7 Å². The Labute approximate surface area is 126 Å². The van der Waals surface area contributed by atoms with Gasteiger partial charge < -0.3 is 9.73 Å². The van der Waals surface area contributed by atoms with Crippen LogP contribution in [0.4, 0.5) is 0 Å². The predicted octanol–water partition coefficient (Wildman–Crippen LogP) is 3.73. The molecule has 21 heavy (non-hydrogen) atoms. The highest BCUT2D eigenvalue weighted by Crippen LogP contribution is 2.23. The number of allylic oxidation sites excluding steroid dienone is 1. The fourth-order valence-electron chi connectivity index (χ4n) is 2.06. The Morgan fingerprint density at radius 3 is 3.19 bits per heavy atom. The molecule has 0 unspecified atom stereocenters. The number of amides is 1. The summed E-state index contributed by atoms with van der Waals surface area (Å²) in [4.78, 5) is 16.1. The van der Waals surface area contributed by atoms with Gasteiger partial charge in [0.05, 0.1) is 0 Å². The lowest BCUT2D eigenvalue weighted by Crippen LogP contribution is -2.24. The number of fused-ring (bicyclic) bond motifs is 1. The molecular formula is C16H13ClN2O2. The smallest absolute Gasteiger partial charge is 0.287 e. The van der Waals surface area contributed by atoms with Gasteiger partial charge in [-0.2, -0.15) is 0 Å². The second-order valence-electron chi connectivity index (χ2n) is 4.64. The van der Waals surface area contributed by atoms with Crippen molar-refractivity contribution in [2.75, 3.05) is 6.54 Å². The number of aliphatic imine (C=N–C) groups is 1. The van der Waals surface area contributed by atoms with E-state index in [9.17, 15) is 4.79 Å². The molecule has 5 heteroatoms. The Bertz CT molecular complexity index is 772. The Morgan fingerprint density at radius 1 is 1.38 bits per heavy atom. The van der Waals surface area contributed by atoms with Gasteiger partial charge >= 0.3 is 0 Å². The number of furan rings is 1. The number of nitrogens with one attached hydrogen (secondary N) is 1. The van der Waals surface area contributed by atoms with Gasteiger partial charge in [0.1, 0.15) is 5.58 Å². The molecule has 4 nitrogen and oxygen atoms in total. The van der Waals surface area contributed by atoms with Gasteiger partial charge in [0.2, 0.25) is 0 Å². The Hall–Kier alpha value is -2.33. The van der Waals surface area contributed by atoms with E-state index in [2.05, 4.69) is 10.3 Å². The van der Waals surface area contributed by atoms with Crippen LogP contribution in [0, 0.1) is 0 Å². The molecule has 3 rings (SSSR count).